The van der Waals surface area contributed by atoms with E-state index in [4.69, 9.17) is 5.26 Å². The second kappa shape index (κ2) is 6.31. The van der Waals surface area contributed by atoms with E-state index in [1.54, 1.807) is 29.8 Å². The van der Waals surface area contributed by atoms with Crippen molar-refractivity contribution in [2.45, 2.75) is 6.92 Å². The number of hydrogen-bond acceptors (Lipinski definition) is 3. The fourth-order valence-corrected chi connectivity index (χ4v) is 2.13. The van der Waals surface area contributed by atoms with Gasteiger partial charge in [0.2, 0.25) is 0 Å². The average molecular weight is 320 g/mol. The highest BCUT2D eigenvalue weighted by Crippen LogP contribution is 2.15. The van der Waals surface area contributed by atoms with Crippen molar-refractivity contribution in [2.75, 3.05) is 0 Å². The zero-order valence-electron chi connectivity index (χ0n) is 12.6. The zero-order chi connectivity index (χ0) is 17.1. The van der Waals surface area contributed by atoms with Crippen LogP contribution in [0.25, 0.3) is 5.69 Å². The zero-order valence-corrected chi connectivity index (χ0v) is 12.6. The van der Waals surface area contributed by atoms with Crippen LogP contribution in [0.3, 0.4) is 0 Å². The minimum absolute atomic E-state index is 0.283. The summed E-state index contributed by atoms with van der Waals surface area (Å²) in [4.78, 5) is 8.16. The van der Waals surface area contributed by atoms with Crippen LogP contribution in [0.1, 0.15) is 22.8 Å². The number of imidazole rings is 1. The first-order chi connectivity index (χ1) is 11.6. The third-order valence-corrected chi connectivity index (χ3v) is 3.27. The normalized spacial score (nSPS) is 9.92. The molecule has 0 N–H and O–H groups in total. The van der Waals surface area contributed by atoms with Crippen LogP contribution in [-0.2, 0) is 0 Å². The maximum Gasteiger partial charge on any atom is 0.160 e. The number of aromatic nitrogens is 3. The topological polar surface area (TPSA) is 54.5 Å². The molecule has 0 aliphatic carbocycles. The van der Waals surface area contributed by atoms with Crippen LogP contribution >= 0.6 is 0 Å². The van der Waals surface area contributed by atoms with Gasteiger partial charge in [0, 0.05) is 29.7 Å². The Morgan fingerprint density at radius 3 is 2.62 bits per heavy atom. The molecular weight excluding hydrogens is 310 g/mol. The molecule has 3 aromatic rings. The van der Waals surface area contributed by atoms with Gasteiger partial charge in [-0.15, -0.1) is 0 Å². The van der Waals surface area contributed by atoms with Crippen molar-refractivity contribution in [1.29, 1.82) is 5.26 Å². The largest absolute Gasteiger partial charge is 0.303 e. The first kappa shape index (κ1) is 15.4. The van der Waals surface area contributed by atoms with E-state index in [1.807, 2.05) is 6.07 Å². The van der Waals surface area contributed by atoms with Crippen LogP contribution in [0.2, 0.25) is 0 Å². The molecule has 4 nitrogen and oxygen atoms in total. The molecular formula is C18H10F2N4. The maximum atomic E-state index is 13.4. The summed E-state index contributed by atoms with van der Waals surface area (Å²) in [5.74, 6) is 4.55. The molecule has 3 rings (SSSR count). The van der Waals surface area contributed by atoms with E-state index in [0.717, 1.165) is 12.1 Å². The number of halogens is 2. The molecule has 0 radical (unpaired) electrons. The predicted molar refractivity (Wildman–Crippen MR) is 83.1 cm³/mol. The van der Waals surface area contributed by atoms with Gasteiger partial charge in [0.05, 0.1) is 0 Å². The molecule has 0 bridgehead atoms. The van der Waals surface area contributed by atoms with Crippen LogP contribution in [-0.4, -0.2) is 14.5 Å². The first-order valence-corrected chi connectivity index (χ1v) is 6.96. The molecule has 0 atom stereocenters. The summed E-state index contributed by atoms with van der Waals surface area (Å²) >= 11 is 0. The van der Waals surface area contributed by atoms with Crippen LogP contribution in [0.15, 0.2) is 42.7 Å². The van der Waals surface area contributed by atoms with Gasteiger partial charge in [-0.3, -0.25) is 0 Å². The number of rotatable bonds is 1. The highest BCUT2D eigenvalue weighted by molar-refractivity contribution is 5.43. The Balaban J connectivity index is 1.94. The standard InChI is InChI=1S/C18H10F2N4/c1-12-23-14(3-2-13-6-7-22-15(8-13)10-21)11-24(12)16-4-5-17(19)18(20)9-16/h4-9,11H,1H3. The van der Waals surface area contributed by atoms with Gasteiger partial charge in [-0.1, -0.05) is 5.92 Å². The molecule has 0 amide bonds. The summed E-state index contributed by atoms with van der Waals surface area (Å²) in [5.41, 5.74) is 1.86. The highest BCUT2D eigenvalue weighted by atomic mass is 19.2. The summed E-state index contributed by atoms with van der Waals surface area (Å²) in [7, 11) is 0. The molecule has 2 aromatic heterocycles. The van der Waals surface area contributed by atoms with Crippen molar-refractivity contribution >= 4 is 0 Å². The van der Waals surface area contributed by atoms with Gasteiger partial charge in [0.1, 0.15) is 23.3 Å². The molecule has 0 saturated carbocycles. The highest BCUT2D eigenvalue weighted by Gasteiger charge is 2.08. The van der Waals surface area contributed by atoms with Crippen molar-refractivity contribution < 1.29 is 8.78 Å². The third-order valence-electron chi connectivity index (χ3n) is 3.27. The minimum atomic E-state index is -0.922. The van der Waals surface area contributed by atoms with Gasteiger partial charge in [0.15, 0.2) is 11.6 Å². The third kappa shape index (κ3) is 3.13. The lowest BCUT2D eigenvalue weighted by molar-refractivity contribution is 0.508. The van der Waals surface area contributed by atoms with Crippen molar-refractivity contribution in [3.05, 3.63) is 77.1 Å². The van der Waals surface area contributed by atoms with Crippen LogP contribution in [0.4, 0.5) is 8.78 Å². The van der Waals surface area contributed by atoms with E-state index in [1.165, 1.54) is 12.3 Å². The summed E-state index contributed by atoms with van der Waals surface area (Å²) < 4.78 is 28.0. The molecule has 116 valence electrons. The summed E-state index contributed by atoms with van der Waals surface area (Å²) in [6.45, 7) is 1.74. The molecule has 0 unspecified atom stereocenters. The Hall–Kier alpha value is -3.51. The number of nitriles is 1. The molecule has 1 aromatic carbocycles. The van der Waals surface area contributed by atoms with Gasteiger partial charge < -0.3 is 4.57 Å². The molecule has 0 aliphatic rings. The van der Waals surface area contributed by atoms with E-state index in [-0.39, 0.29) is 5.69 Å². The first-order valence-electron chi connectivity index (χ1n) is 6.96. The molecule has 0 saturated heterocycles. The lowest BCUT2D eigenvalue weighted by atomic mass is 10.2. The SMILES string of the molecule is Cc1nc(C#Cc2ccnc(C#N)c2)cn1-c1ccc(F)c(F)c1. The second-order valence-corrected chi connectivity index (χ2v) is 4.93. The number of hydrogen-bond donors (Lipinski definition) is 0. The van der Waals surface area contributed by atoms with Gasteiger partial charge in [-0.2, -0.15) is 5.26 Å². The molecule has 24 heavy (non-hydrogen) atoms. The summed E-state index contributed by atoms with van der Waals surface area (Å²) in [5, 5.41) is 8.82. The Morgan fingerprint density at radius 2 is 1.88 bits per heavy atom. The van der Waals surface area contributed by atoms with E-state index < -0.39 is 11.6 Å². The Labute approximate surface area is 137 Å². The summed E-state index contributed by atoms with van der Waals surface area (Å²) in [6, 6.07) is 8.84. The van der Waals surface area contributed by atoms with Gasteiger partial charge in [-0.05, 0) is 37.1 Å². The van der Waals surface area contributed by atoms with Crippen LogP contribution in [0, 0.1) is 41.7 Å². The number of nitrogens with zero attached hydrogens (tertiary/aromatic N) is 4. The van der Waals surface area contributed by atoms with Gasteiger partial charge in [0.25, 0.3) is 0 Å². The van der Waals surface area contributed by atoms with E-state index in [0.29, 0.717) is 22.8 Å². The van der Waals surface area contributed by atoms with Gasteiger partial charge in [-0.25, -0.2) is 18.7 Å². The number of benzene rings is 1. The fraction of sp³-hybridized carbons (Fsp3) is 0.0556. The lowest BCUT2D eigenvalue weighted by Crippen LogP contribution is -1.97. The summed E-state index contributed by atoms with van der Waals surface area (Å²) in [6.07, 6.45) is 3.15. The minimum Gasteiger partial charge on any atom is -0.303 e. The van der Waals surface area contributed by atoms with E-state index >= 15 is 0 Å². The Kier molecular flexibility index (Phi) is 4.05. The van der Waals surface area contributed by atoms with Crippen molar-refractivity contribution in [3.8, 4) is 23.6 Å². The molecule has 0 aliphatic heterocycles. The van der Waals surface area contributed by atoms with Crippen LogP contribution < -0.4 is 0 Å². The Morgan fingerprint density at radius 1 is 1.04 bits per heavy atom. The van der Waals surface area contributed by atoms with E-state index in [2.05, 4.69) is 21.8 Å². The molecule has 0 spiro atoms. The van der Waals surface area contributed by atoms with E-state index in [9.17, 15) is 8.78 Å². The number of aryl methyl sites for hydroxylation is 1. The van der Waals surface area contributed by atoms with Crippen LogP contribution in [0.5, 0.6) is 0 Å². The van der Waals surface area contributed by atoms with Crippen molar-refractivity contribution in [2.24, 2.45) is 0 Å². The number of pyridine rings is 1. The monoisotopic (exact) mass is 320 g/mol. The fourth-order valence-electron chi connectivity index (χ4n) is 2.13. The van der Waals surface area contributed by atoms with Crippen molar-refractivity contribution in [1.82, 2.24) is 14.5 Å². The smallest absolute Gasteiger partial charge is 0.160 e. The maximum absolute atomic E-state index is 13.4. The quantitative estimate of drug-likeness (QED) is 0.647. The predicted octanol–water partition coefficient (Wildman–Crippen LogP) is 3.13. The average Bonchev–Trinajstić information content (AvgIpc) is 2.96. The molecule has 0 fully saturated rings. The molecule has 6 heteroatoms. The second-order valence-electron chi connectivity index (χ2n) is 4.93. The van der Waals surface area contributed by atoms with Crippen molar-refractivity contribution in [3.63, 3.8) is 0 Å². The molecule has 2 heterocycles. The van der Waals surface area contributed by atoms with Gasteiger partial charge >= 0.3 is 0 Å². The Bertz CT molecular complexity index is 1020. The lowest BCUT2D eigenvalue weighted by Gasteiger charge is -2.04.